The standard InChI is InChI=1S/C49H31F39P.BrH/c50-32(51,35(56,57)38(62,63)41(68,69)44(74,75)47(80,81)82)21-18-25-6-12-29(13-7-25)89(24-28-4-2-1-3-5-28,30-14-8-26(9-15-30)19-22-33(52,53)36(58,59)39(64,65)42(70,71)45(76,77)48(83,84)85)31-16-10-27(11-17-31)20-23-34(54,55)37(60,61)40(66,67)43(72,73)46(78,79)49(86,87)88;/h1-17H,18-24H2;1H/q+1;/p-1. The van der Waals surface area contributed by atoms with Gasteiger partial charge in [0, 0.05) is 19.3 Å². The van der Waals surface area contributed by atoms with Gasteiger partial charge in [0.1, 0.15) is 23.2 Å². The van der Waals surface area contributed by atoms with Crippen LogP contribution in [0.15, 0.2) is 103 Å². The topological polar surface area (TPSA) is 0 Å². The SMILES string of the molecule is FC(F)(F)C(F)(F)C(F)(F)C(F)(F)C(F)(F)C(F)(F)CCc1ccc([P+](Cc2ccccc2)(c2ccc(CCC(F)(F)C(F)(F)C(F)(F)C(F)(F)C(F)(F)C(F)(F)F)cc2)c2ccc(CCC(F)(F)C(F)(F)C(F)(F)C(F)(F)C(F)(F)C(F)(F)F)cc2)cc1.[Br-]. The minimum atomic E-state index is -8.29. The monoisotopic (exact) mass is 1470 g/mol. The Labute approximate surface area is 488 Å². The van der Waals surface area contributed by atoms with Gasteiger partial charge in [0.2, 0.25) is 0 Å². The molecule has 0 fully saturated rings. The molecule has 0 atom stereocenters. The first-order valence-electron chi connectivity index (χ1n) is 23.5. The van der Waals surface area contributed by atoms with Gasteiger partial charge in [0.15, 0.2) is 0 Å². The van der Waals surface area contributed by atoms with E-state index in [1.807, 2.05) is 0 Å². The average molecular weight is 1470 g/mol. The molecule has 4 aromatic carbocycles. The molecule has 0 bridgehead atoms. The Morgan fingerprint density at radius 1 is 0.211 bits per heavy atom. The second-order valence-electron chi connectivity index (χ2n) is 19.5. The Morgan fingerprint density at radius 2 is 0.400 bits per heavy atom. The van der Waals surface area contributed by atoms with Crippen molar-refractivity contribution in [2.45, 2.75) is 152 Å². The lowest BCUT2D eigenvalue weighted by Gasteiger charge is -2.39. The first kappa shape index (κ1) is 79.3. The lowest BCUT2D eigenvalue weighted by molar-refractivity contribution is -0.440. The average Bonchev–Trinajstić information content (AvgIpc) is 0.733. The van der Waals surface area contributed by atoms with Crippen molar-refractivity contribution >= 4 is 23.2 Å². The smallest absolute Gasteiger partial charge is 0.460 e. The predicted octanol–water partition coefficient (Wildman–Crippen LogP) is 16.2. The third-order valence-electron chi connectivity index (χ3n) is 13.6. The van der Waals surface area contributed by atoms with Gasteiger partial charge in [-0.1, -0.05) is 66.7 Å². The summed E-state index contributed by atoms with van der Waals surface area (Å²) in [5, 5.41) is -0.922. The molecule has 0 heterocycles. The summed E-state index contributed by atoms with van der Waals surface area (Å²) in [5.41, 5.74) is -2.31. The summed E-state index contributed by atoms with van der Waals surface area (Å²) in [7, 11) is -4.12. The van der Waals surface area contributed by atoms with Crippen molar-refractivity contribution in [1.29, 1.82) is 0 Å². The minimum absolute atomic E-state index is 0. The van der Waals surface area contributed by atoms with E-state index in [2.05, 4.69) is 0 Å². The Hall–Kier alpha value is -4.94. The summed E-state index contributed by atoms with van der Waals surface area (Å²) >= 11 is 0. The highest BCUT2D eigenvalue weighted by Crippen LogP contribution is 2.65. The summed E-state index contributed by atoms with van der Waals surface area (Å²) in [6, 6.07) is 14.4. The molecule has 0 amide bonds. The van der Waals surface area contributed by atoms with Crippen molar-refractivity contribution in [3.05, 3.63) is 125 Å². The summed E-state index contributed by atoms with van der Waals surface area (Å²) < 4.78 is 539. The molecule has 0 N–H and O–H groups in total. The third kappa shape index (κ3) is 12.8. The fourth-order valence-electron chi connectivity index (χ4n) is 8.11. The van der Waals surface area contributed by atoms with Crippen LogP contribution in [0.4, 0.5) is 171 Å². The Bertz CT molecular complexity index is 2740. The van der Waals surface area contributed by atoms with Crippen LogP contribution in [-0.2, 0) is 25.4 Å². The highest BCUT2D eigenvalue weighted by Gasteiger charge is 2.93. The molecule has 90 heavy (non-hydrogen) atoms. The first-order chi connectivity index (χ1) is 39.4. The Morgan fingerprint density at radius 3 is 0.589 bits per heavy atom. The molecule has 0 radical (unpaired) electrons. The highest BCUT2D eigenvalue weighted by atomic mass is 79.9. The van der Waals surface area contributed by atoms with E-state index in [1.54, 1.807) is 0 Å². The molecular weight excluding hydrogens is 1440 g/mol. The van der Waals surface area contributed by atoms with E-state index in [1.165, 1.54) is 30.3 Å². The first-order valence-corrected chi connectivity index (χ1v) is 25.4. The predicted molar refractivity (Wildman–Crippen MR) is 233 cm³/mol. The molecule has 0 aliphatic heterocycles. The molecular formula is C49H31BrF39P. The molecule has 512 valence electrons. The minimum Gasteiger partial charge on any atom is -1.00 e. The summed E-state index contributed by atoms with van der Waals surface area (Å²) in [6.45, 7) is 0. The van der Waals surface area contributed by atoms with Gasteiger partial charge in [-0.25, -0.2) is 0 Å². The number of alkyl halides is 39. The van der Waals surface area contributed by atoms with Crippen molar-refractivity contribution in [2.24, 2.45) is 0 Å². The van der Waals surface area contributed by atoms with E-state index < -0.39 is 176 Å². The maximum atomic E-state index is 14.8. The van der Waals surface area contributed by atoms with Crippen LogP contribution in [0.1, 0.15) is 41.5 Å². The van der Waals surface area contributed by atoms with Crippen molar-refractivity contribution in [2.75, 3.05) is 0 Å². The quantitative estimate of drug-likeness (QED) is 0.0434. The zero-order valence-corrected chi connectivity index (χ0v) is 45.3. The number of hydrogen-bond donors (Lipinski definition) is 0. The van der Waals surface area contributed by atoms with Crippen LogP contribution in [-0.4, -0.2) is 107 Å². The van der Waals surface area contributed by atoms with Crippen LogP contribution in [0.25, 0.3) is 0 Å². The van der Waals surface area contributed by atoms with Crippen molar-refractivity contribution in [3.8, 4) is 0 Å². The van der Waals surface area contributed by atoms with E-state index in [0.717, 1.165) is 36.4 Å². The summed E-state index contributed by atoms with van der Waals surface area (Å²) in [5.74, 6) is -117. The third-order valence-corrected chi connectivity index (χ3v) is 18.0. The molecule has 0 saturated carbocycles. The zero-order chi connectivity index (χ0) is 69.5. The molecule has 4 aromatic rings. The lowest BCUT2D eigenvalue weighted by atomic mass is 9.91. The van der Waals surface area contributed by atoms with Crippen LogP contribution in [0.3, 0.4) is 0 Å². The summed E-state index contributed by atoms with van der Waals surface area (Å²) in [4.78, 5) is 0. The number of aryl methyl sites for hydroxylation is 3. The van der Waals surface area contributed by atoms with Gasteiger partial charge in [-0.2, -0.15) is 171 Å². The van der Waals surface area contributed by atoms with E-state index in [4.69, 9.17) is 0 Å². The van der Waals surface area contributed by atoms with Crippen molar-refractivity contribution in [1.82, 2.24) is 0 Å². The molecule has 0 spiro atoms. The Kier molecular flexibility index (Phi) is 21.5. The maximum absolute atomic E-state index is 14.8. The van der Waals surface area contributed by atoms with Gasteiger partial charge < -0.3 is 17.0 Å². The molecule has 41 heteroatoms. The number of hydrogen-bond acceptors (Lipinski definition) is 0. The fourth-order valence-corrected chi connectivity index (χ4v) is 12.3. The van der Waals surface area contributed by atoms with E-state index >= 15 is 0 Å². The molecule has 4 rings (SSSR count). The fraction of sp³-hybridized carbons (Fsp3) is 0.510. The van der Waals surface area contributed by atoms with Gasteiger partial charge in [-0.15, -0.1) is 0 Å². The second-order valence-corrected chi connectivity index (χ2v) is 22.9. The largest absolute Gasteiger partial charge is 1.00 e. The molecule has 0 saturated heterocycles. The number of rotatable bonds is 26. The normalized spacial score (nSPS) is 15.3. The van der Waals surface area contributed by atoms with Gasteiger partial charge in [0.25, 0.3) is 0 Å². The van der Waals surface area contributed by atoms with Gasteiger partial charge in [-0.05, 0) is 77.9 Å². The van der Waals surface area contributed by atoms with Crippen LogP contribution >= 0.6 is 7.26 Å². The molecule has 0 nitrogen and oxygen atoms in total. The summed E-state index contributed by atoms with van der Waals surface area (Å²) in [6.07, 6.45) is -37.5. The zero-order valence-electron chi connectivity index (χ0n) is 42.8. The molecule has 0 unspecified atom stereocenters. The van der Waals surface area contributed by atoms with E-state index in [0.29, 0.717) is 36.4 Å². The highest BCUT2D eigenvalue weighted by molar-refractivity contribution is 7.95. The van der Waals surface area contributed by atoms with E-state index in [-0.39, 0.29) is 38.5 Å². The second kappa shape index (κ2) is 24.4. The van der Waals surface area contributed by atoms with Crippen molar-refractivity contribution in [3.63, 3.8) is 0 Å². The lowest BCUT2D eigenvalue weighted by Crippen LogP contribution is -3.00. The maximum Gasteiger partial charge on any atom is 0.460 e. The van der Waals surface area contributed by atoms with Crippen LogP contribution in [0, 0.1) is 0 Å². The molecule has 0 aliphatic rings. The van der Waals surface area contributed by atoms with Crippen LogP contribution < -0.4 is 32.9 Å². The van der Waals surface area contributed by atoms with Crippen molar-refractivity contribution < 1.29 is 188 Å². The Balaban J connectivity index is 0.0000212. The van der Waals surface area contributed by atoms with E-state index in [9.17, 15) is 171 Å². The van der Waals surface area contributed by atoms with Gasteiger partial charge in [0.05, 0.1) is 6.16 Å². The number of halogens is 40. The molecule has 0 aliphatic carbocycles. The molecule has 0 aromatic heterocycles. The van der Waals surface area contributed by atoms with Crippen LogP contribution in [0.5, 0.6) is 0 Å². The van der Waals surface area contributed by atoms with Gasteiger partial charge in [-0.3, -0.25) is 0 Å². The number of benzene rings is 4. The van der Waals surface area contributed by atoms with Gasteiger partial charge >= 0.3 is 107 Å². The van der Waals surface area contributed by atoms with Crippen LogP contribution in [0.2, 0.25) is 0 Å².